The molecule has 0 N–H and O–H groups in total. The Balaban J connectivity index is 0.000000105. The number of fused-ring (bicyclic) bond motifs is 17. The van der Waals surface area contributed by atoms with Crippen molar-refractivity contribution in [3.63, 3.8) is 0 Å². The van der Waals surface area contributed by atoms with Crippen LogP contribution in [-0.4, -0.2) is 15.0 Å². The highest BCUT2D eigenvalue weighted by molar-refractivity contribution is 6.25. The molecular weight excluding hydrogens is 1520 g/mol. The van der Waals surface area contributed by atoms with Crippen LogP contribution in [0.3, 0.4) is 0 Å². The highest BCUT2D eigenvalue weighted by atomic mass is 16.3. The van der Waals surface area contributed by atoms with Gasteiger partial charge < -0.3 is 13.3 Å². The maximum Gasteiger partial charge on any atom is 0.143 e. The molecule has 0 aliphatic rings. The van der Waals surface area contributed by atoms with Crippen molar-refractivity contribution in [1.82, 2.24) is 15.0 Å². The van der Waals surface area contributed by atoms with E-state index in [2.05, 4.69) is 374 Å². The van der Waals surface area contributed by atoms with Crippen LogP contribution in [0, 0.1) is 0 Å². The van der Waals surface area contributed by atoms with Crippen molar-refractivity contribution >= 4 is 152 Å². The van der Waals surface area contributed by atoms with E-state index >= 15 is 0 Å². The smallest absolute Gasteiger partial charge is 0.143 e. The van der Waals surface area contributed by atoms with Gasteiger partial charge in [0.1, 0.15) is 33.5 Å². The van der Waals surface area contributed by atoms with E-state index < -0.39 is 0 Å². The van der Waals surface area contributed by atoms with Crippen molar-refractivity contribution in [2.24, 2.45) is 0 Å². The fraction of sp³-hybridized carbons (Fsp3) is 0. The molecule has 6 aromatic heterocycles. The highest BCUT2D eigenvalue weighted by Crippen LogP contribution is 2.50. The van der Waals surface area contributed by atoms with Gasteiger partial charge in [-0.1, -0.05) is 358 Å². The van der Waals surface area contributed by atoms with Crippen LogP contribution >= 0.6 is 0 Å². The molecule has 6 heterocycles. The first kappa shape index (κ1) is 72.4. The molecule has 0 fully saturated rings. The van der Waals surface area contributed by atoms with Gasteiger partial charge in [0.05, 0.1) is 11.0 Å². The zero-order valence-electron chi connectivity index (χ0n) is 67.7. The molecule has 0 spiro atoms. The Labute approximate surface area is 719 Å². The summed E-state index contributed by atoms with van der Waals surface area (Å²) in [6, 6.07) is 149. The topological polar surface area (TPSA) is 78.1 Å². The SMILES string of the molecule is c1ccc2ncc(-c3c4ccccc4c(-c4ccc(-c5cccc6c5oc5ccccc56)cc4)c4ccccc34)cc2c1.c1cnc2ccc(-c3c4ccccc4c(-c4ccc(-c5cccc6c5oc5ccccc56)cc4)c4ccccc34)cc2c1.c1cncc(-c2c3ccccc3c(-c3cccc(-c4cccc5c4oc4ccccc45)c3)c3ccccc23)c1. The third-order valence-electron chi connectivity index (χ3n) is 25.2. The maximum absolute atomic E-state index is 6.38. The molecule has 582 valence electrons. The van der Waals surface area contributed by atoms with Crippen LogP contribution in [0.15, 0.2) is 457 Å². The van der Waals surface area contributed by atoms with Crippen molar-refractivity contribution in [2.75, 3.05) is 0 Å². The van der Waals surface area contributed by atoms with Gasteiger partial charge in [-0.05, 0) is 198 Å². The summed E-state index contributed by atoms with van der Waals surface area (Å²) in [4.78, 5) is 13.8. The number of pyridine rings is 3. The van der Waals surface area contributed by atoms with Gasteiger partial charge in [0.2, 0.25) is 0 Å². The second-order valence-corrected chi connectivity index (χ2v) is 32.2. The van der Waals surface area contributed by atoms with Gasteiger partial charge in [0, 0.05) is 95.7 Å². The lowest BCUT2D eigenvalue weighted by Gasteiger charge is -2.18. The molecule has 0 saturated carbocycles. The molecule has 26 aromatic rings. The second kappa shape index (κ2) is 30.2. The molecule has 0 saturated heterocycles. The molecule has 0 radical (unpaired) electrons. The first-order chi connectivity index (χ1) is 62.0. The summed E-state index contributed by atoms with van der Waals surface area (Å²) in [5, 5.41) is 24.0. The van der Waals surface area contributed by atoms with Crippen LogP contribution in [0.1, 0.15) is 0 Å². The normalized spacial score (nSPS) is 11.7. The summed E-state index contributed by atoms with van der Waals surface area (Å²) in [5.41, 5.74) is 28.8. The Kier molecular flexibility index (Phi) is 17.5. The maximum atomic E-state index is 6.38. The van der Waals surface area contributed by atoms with Crippen LogP contribution in [-0.2, 0) is 0 Å². The summed E-state index contributed by atoms with van der Waals surface area (Å²) in [6.07, 6.45) is 7.66. The lowest BCUT2D eigenvalue weighted by molar-refractivity contribution is 0.669. The van der Waals surface area contributed by atoms with E-state index in [1.807, 2.05) is 79.4 Å². The van der Waals surface area contributed by atoms with Gasteiger partial charge in [-0.2, -0.15) is 0 Å². The Bertz CT molecular complexity index is 8280. The van der Waals surface area contributed by atoms with E-state index in [1.54, 1.807) is 0 Å². The zero-order valence-corrected chi connectivity index (χ0v) is 67.7. The molecule has 20 aromatic carbocycles. The molecule has 125 heavy (non-hydrogen) atoms. The van der Waals surface area contributed by atoms with E-state index in [4.69, 9.17) is 18.2 Å². The van der Waals surface area contributed by atoms with E-state index in [0.717, 1.165) is 132 Å². The van der Waals surface area contributed by atoms with Crippen LogP contribution in [0.4, 0.5) is 0 Å². The largest absolute Gasteiger partial charge is 0.455 e. The first-order valence-electron chi connectivity index (χ1n) is 42.5. The Morgan fingerprint density at radius 1 is 0.160 bits per heavy atom. The third-order valence-corrected chi connectivity index (χ3v) is 25.2. The number of para-hydroxylation sites is 7. The minimum Gasteiger partial charge on any atom is -0.455 e. The Morgan fingerprint density at radius 3 is 0.872 bits per heavy atom. The molecule has 6 heteroatoms. The lowest BCUT2D eigenvalue weighted by Crippen LogP contribution is -1.91. The van der Waals surface area contributed by atoms with E-state index in [1.165, 1.54) is 120 Å². The molecule has 0 bridgehead atoms. The summed E-state index contributed by atoms with van der Waals surface area (Å²) >= 11 is 0. The fourth-order valence-electron chi connectivity index (χ4n) is 19.6. The van der Waals surface area contributed by atoms with E-state index in [0.29, 0.717) is 0 Å². The van der Waals surface area contributed by atoms with E-state index in [-0.39, 0.29) is 0 Å². The highest BCUT2D eigenvalue weighted by Gasteiger charge is 2.24. The van der Waals surface area contributed by atoms with Crippen molar-refractivity contribution < 1.29 is 13.3 Å². The standard InChI is InChI=1S/2C41H25NO.C37H23NO/c1-7-18-37-28(10-1)24-29(25-42-37)40-34-14-4-2-12-32(34)39(33-13-3-5-15-35(33)40)27-22-20-26(21-23-27)30-16-9-17-36-31-11-6-8-19-38(31)43-41(30)36;1-3-13-34-32(11-1)39(33-12-2-4-14-35(33)40(34)29-22-23-37-28(25-29)9-8-24-42-37)27-20-18-26(19-21-27)30-15-7-16-36-31-10-5-6-17-38(31)43-41(30)36;1-3-16-31-29(14-1)35(30-15-2-4-17-32(30)36(31)26-12-9-21-38-23-26)25-11-7-10-24(22-25)27-18-8-19-33-28-13-5-6-20-34(28)39-37(27)33/h2*1-25H;1-23H. The second-order valence-electron chi connectivity index (χ2n) is 32.2. The number of nitrogens with zero attached hydrogens (tertiary/aromatic N) is 3. The van der Waals surface area contributed by atoms with Crippen molar-refractivity contribution in [3.8, 4) is 100 Å². The number of rotatable bonds is 9. The number of aromatic nitrogens is 3. The van der Waals surface area contributed by atoms with Gasteiger partial charge in [-0.15, -0.1) is 0 Å². The van der Waals surface area contributed by atoms with Gasteiger partial charge in [-0.25, -0.2) is 0 Å². The molecule has 0 unspecified atom stereocenters. The predicted octanol–water partition coefficient (Wildman–Crippen LogP) is 33.2. The average Bonchev–Trinajstić information content (AvgIpc) is 1.74. The fourth-order valence-corrected chi connectivity index (χ4v) is 19.6. The predicted molar refractivity (Wildman–Crippen MR) is 524 cm³/mol. The first-order valence-corrected chi connectivity index (χ1v) is 42.5. The van der Waals surface area contributed by atoms with Crippen LogP contribution in [0.5, 0.6) is 0 Å². The van der Waals surface area contributed by atoms with Gasteiger partial charge >= 0.3 is 0 Å². The summed E-state index contributed by atoms with van der Waals surface area (Å²) in [7, 11) is 0. The Morgan fingerprint density at radius 2 is 0.448 bits per heavy atom. The lowest BCUT2D eigenvalue weighted by atomic mass is 9.85. The monoisotopic (exact) mass is 1590 g/mol. The van der Waals surface area contributed by atoms with Crippen LogP contribution in [0.2, 0.25) is 0 Å². The molecular formula is C119H73N3O3. The average molecular weight is 1590 g/mol. The summed E-state index contributed by atoms with van der Waals surface area (Å²) in [6.45, 7) is 0. The van der Waals surface area contributed by atoms with Crippen LogP contribution in [0.25, 0.3) is 252 Å². The minimum atomic E-state index is 0.916. The van der Waals surface area contributed by atoms with Crippen LogP contribution < -0.4 is 0 Å². The quantitative estimate of drug-likeness (QED) is 0.134. The van der Waals surface area contributed by atoms with Gasteiger partial charge in [-0.3, -0.25) is 15.0 Å². The molecule has 0 aliphatic carbocycles. The molecule has 0 atom stereocenters. The number of hydrogen-bond donors (Lipinski definition) is 0. The number of furan rings is 3. The van der Waals surface area contributed by atoms with Crippen molar-refractivity contribution in [3.05, 3.63) is 443 Å². The molecule has 0 aliphatic heterocycles. The minimum absolute atomic E-state index is 0.916. The number of hydrogen-bond acceptors (Lipinski definition) is 6. The molecule has 6 nitrogen and oxygen atoms in total. The number of benzene rings is 20. The summed E-state index contributed by atoms with van der Waals surface area (Å²) < 4.78 is 19.1. The van der Waals surface area contributed by atoms with Gasteiger partial charge in [0.25, 0.3) is 0 Å². The Hall–Kier alpha value is -16.7. The third kappa shape index (κ3) is 12.4. The van der Waals surface area contributed by atoms with Crippen molar-refractivity contribution in [1.29, 1.82) is 0 Å². The zero-order chi connectivity index (χ0) is 82.4. The van der Waals surface area contributed by atoms with E-state index in [9.17, 15) is 0 Å². The van der Waals surface area contributed by atoms with Gasteiger partial charge in [0.15, 0.2) is 0 Å². The molecule has 0 amide bonds. The molecule has 26 rings (SSSR count). The van der Waals surface area contributed by atoms with Crippen molar-refractivity contribution in [2.45, 2.75) is 0 Å². The summed E-state index contributed by atoms with van der Waals surface area (Å²) in [5.74, 6) is 0.